The maximum absolute atomic E-state index is 13.4. The van der Waals surface area contributed by atoms with E-state index in [-0.39, 0.29) is 18.9 Å². The van der Waals surface area contributed by atoms with Gasteiger partial charge in [-0.1, -0.05) is 321 Å². The highest BCUT2D eigenvalue weighted by atomic mass is 16.8. The number of nitrogens with one attached hydrogen (secondary N) is 1. The van der Waals surface area contributed by atoms with Gasteiger partial charge in [0.1, 0.15) is 73.2 Å². The quantitative estimate of drug-likeness (QED) is 0.0199. The number of aliphatic hydroxyl groups excluding tert-OH is 11. The number of allylic oxidation sites excluding steroid dienone is 1. The van der Waals surface area contributed by atoms with Crippen molar-refractivity contribution >= 4 is 5.91 Å². The molecule has 19 heteroatoms. The maximum atomic E-state index is 13.4. The molecule has 0 aromatic carbocycles. The number of hydrogen-bond acceptors (Lipinski definition) is 18. The first-order chi connectivity index (χ1) is 46.3. The Kier molecular flexibility index (Phi) is 53.6. The zero-order valence-corrected chi connectivity index (χ0v) is 59.9. The molecule has 0 bridgehead atoms. The van der Waals surface area contributed by atoms with Crippen LogP contribution in [0.5, 0.6) is 0 Å². The second-order valence-electron chi connectivity index (χ2n) is 28.5. The highest BCUT2D eigenvalue weighted by molar-refractivity contribution is 5.76. The van der Waals surface area contributed by atoms with Crippen molar-refractivity contribution in [2.24, 2.45) is 0 Å². The van der Waals surface area contributed by atoms with E-state index in [4.69, 9.17) is 28.4 Å². The number of amides is 1. The zero-order chi connectivity index (χ0) is 68.9. The van der Waals surface area contributed by atoms with Gasteiger partial charge in [0.25, 0.3) is 0 Å². The fraction of sp³-hybridized carbons (Fsp3) is 0.961. The molecule has 0 radical (unpaired) electrons. The maximum Gasteiger partial charge on any atom is 0.220 e. The molecule has 3 fully saturated rings. The SMILES string of the molecule is CCCCCCCCCCCCCCCCCCCCCCCCCCCCCC/C=C/C(O)C(COC1OC(CO)C(OC2OC(CO)C(OC3OC(CO)C(O)C(O)C3O)C(O)C2O)C(O)C1O)NC(=O)CCCCCCCCCCCCCCCCCCCCCC. The van der Waals surface area contributed by atoms with Gasteiger partial charge in [-0.3, -0.25) is 4.79 Å². The Morgan fingerprint density at radius 3 is 0.989 bits per heavy atom. The van der Waals surface area contributed by atoms with Gasteiger partial charge < -0.3 is 89.9 Å². The number of carbonyl (C=O) groups excluding carboxylic acids is 1. The van der Waals surface area contributed by atoms with Crippen LogP contribution in [0.4, 0.5) is 0 Å². The Hall–Kier alpha value is -1.47. The van der Waals surface area contributed by atoms with Gasteiger partial charge >= 0.3 is 0 Å². The Bertz CT molecular complexity index is 1770. The van der Waals surface area contributed by atoms with E-state index in [9.17, 15) is 61.0 Å². The fourth-order valence-electron chi connectivity index (χ4n) is 13.7. The molecule has 3 heterocycles. The molecule has 0 aromatic heterocycles. The lowest BCUT2D eigenvalue weighted by molar-refractivity contribution is -0.379. The molecule has 3 rings (SSSR count). The highest BCUT2D eigenvalue weighted by Gasteiger charge is 2.53. The minimum absolute atomic E-state index is 0.250. The van der Waals surface area contributed by atoms with Gasteiger partial charge in [-0.05, 0) is 19.3 Å². The number of ether oxygens (including phenoxy) is 6. The summed E-state index contributed by atoms with van der Waals surface area (Å²) in [5.74, 6) is -0.267. The lowest BCUT2D eigenvalue weighted by Gasteiger charge is -2.48. The molecule has 0 aliphatic carbocycles. The van der Waals surface area contributed by atoms with Crippen LogP contribution in [0, 0.1) is 0 Å². The topological polar surface area (TPSA) is 307 Å². The Morgan fingerprint density at radius 1 is 0.368 bits per heavy atom. The van der Waals surface area contributed by atoms with E-state index in [0.29, 0.717) is 6.42 Å². The molecule has 17 unspecified atom stereocenters. The molecule has 17 atom stereocenters. The van der Waals surface area contributed by atoms with Crippen molar-refractivity contribution in [1.82, 2.24) is 5.32 Å². The monoisotopic (exact) mass is 1360 g/mol. The smallest absolute Gasteiger partial charge is 0.220 e. The molecule has 0 aromatic rings. The molecular formula is C76H145NO18. The number of rotatable bonds is 63. The second-order valence-corrected chi connectivity index (χ2v) is 28.5. The third-order valence-electron chi connectivity index (χ3n) is 20.1. The lowest BCUT2D eigenvalue weighted by Crippen LogP contribution is -2.66. The van der Waals surface area contributed by atoms with E-state index >= 15 is 0 Å². The minimum atomic E-state index is -1.98. The predicted octanol–water partition coefficient (Wildman–Crippen LogP) is 12.4. The Balaban J connectivity index is 1.38. The van der Waals surface area contributed by atoms with Crippen LogP contribution >= 0.6 is 0 Å². The highest BCUT2D eigenvalue weighted by Crippen LogP contribution is 2.33. The van der Waals surface area contributed by atoms with Crippen molar-refractivity contribution in [1.29, 1.82) is 0 Å². The summed E-state index contributed by atoms with van der Waals surface area (Å²) in [6.45, 7) is 1.80. The van der Waals surface area contributed by atoms with Gasteiger partial charge in [-0.15, -0.1) is 0 Å². The summed E-state index contributed by atoms with van der Waals surface area (Å²) in [7, 11) is 0. The molecule has 0 saturated carbocycles. The molecule has 3 aliphatic heterocycles. The third-order valence-corrected chi connectivity index (χ3v) is 20.1. The van der Waals surface area contributed by atoms with Crippen molar-refractivity contribution < 1.29 is 89.4 Å². The predicted molar refractivity (Wildman–Crippen MR) is 374 cm³/mol. The van der Waals surface area contributed by atoms with Crippen molar-refractivity contribution in [3.8, 4) is 0 Å². The molecule has 0 spiro atoms. The van der Waals surface area contributed by atoms with Crippen LogP contribution in [0.1, 0.15) is 335 Å². The van der Waals surface area contributed by atoms with Crippen molar-refractivity contribution in [2.75, 3.05) is 26.4 Å². The van der Waals surface area contributed by atoms with Gasteiger partial charge in [0.15, 0.2) is 18.9 Å². The summed E-state index contributed by atoms with van der Waals surface area (Å²) in [6.07, 6.45) is 40.6. The van der Waals surface area contributed by atoms with E-state index < -0.39 is 124 Å². The molecule has 3 aliphatic rings. The first kappa shape index (κ1) is 87.7. The summed E-state index contributed by atoms with van der Waals surface area (Å²) in [5, 5.41) is 121. The van der Waals surface area contributed by atoms with E-state index in [1.165, 1.54) is 263 Å². The molecule has 19 nitrogen and oxygen atoms in total. The first-order valence-electron chi connectivity index (χ1n) is 39.4. The van der Waals surface area contributed by atoms with Crippen LogP contribution in [0.25, 0.3) is 0 Å². The molecule has 12 N–H and O–H groups in total. The number of unbranched alkanes of at least 4 members (excludes halogenated alkanes) is 47. The van der Waals surface area contributed by atoms with Gasteiger partial charge in [-0.2, -0.15) is 0 Å². The Morgan fingerprint density at radius 2 is 0.653 bits per heavy atom. The number of carbonyl (C=O) groups is 1. The van der Waals surface area contributed by atoms with E-state index in [1.54, 1.807) is 6.08 Å². The zero-order valence-electron chi connectivity index (χ0n) is 59.9. The standard InChI is InChI=1S/C76H145NO18/c1-3-5-7-9-11-13-15-17-19-21-23-25-26-27-28-29-30-31-32-33-34-35-37-39-41-43-45-47-49-51-53-60(81)59(77-64(82)54-52-50-48-46-44-42-40-38-36-24-22-20-18-16-14-12-10-8-6-4-2)58-90-74-70(88)67(85)72(62(56-79)92-74)95-76-71(89)68(86)73(63(57-80)93-76)94-75-69(87)66(84)65(83)61(55-78)91-75/h51,53,59-63,65-76,78-81,83-89H,3-50,52,54-58H2,1-2H3,(H,77,82)/b53-51+. The fourth-order valence-corrected chi connectivity index (χ4v) is 13.7. The van der Waals surface area contributed by atoms with E-state index in [1.807, 2.05) is 6.08 Å². The van der Waals surface area contributed by atoms with Crippen molar-refractivity contribution in [3.63, 3.8) is 0 Å². The summed E-state index contributed by atoms with van der Waals surface area (Å²) < 4.78 is 34.4. The molecule has 95 heavy (non-hydrogen) atoms. The first-order valence-corrected chi connectivity index (χ1v) is 39.4. The van der Waals surface area contributed by atoms with Crippen LogP contribution in [-0.4, -0.2) is 193 Å². The Labute approximate surface area is 576 Å². The van der Waals surface area contributed by atoms with Crippen LogP contribution in [0.2, 0.25) is 0 Å². The molecular weight excluding hydrogens is 1210 g/mol. The molecule has 1 amide bonds. The largest absolute Gasteiger partial charge is 0.394 e. The average molecular weight is 1360 g/mol. The van der Waals surface area contributed by atoms with Crippen molar-refractivity contribution in [3.05, 3.63) is 12.2 Å². The van der Waals surface area contributed by atoms with Crippen LogP contribution in [0.3, 0.4) is 0 Å². The van der Waals surface area contributed by atoms with E-state index in [2.05, 4.69) is 19.2 Å². The second kappa shape index (κ2) is 58.1. The molecule has 562 valence electrons. The summed E-state index contributed by atoms with van der Waals surface area (Å²) in [5.41, 5.74) is 0. The average Bonchev–Trinajstić information content (AvgIpc) is 0.787. The van der Waals surface area contributed by atoms with Crippen LogP contribution in [-0.2, 0) is 33.2 Å². The number of hydrogen-bond donors (Lipinski definition) is 12. The normalized spacial score (nSPS) is 27.2. The third kappa shape index (κ3) is 39.0. The summed E-state index contributed by atoms with van der Waals surface area (Å²) in [4.78, 5) is 13.4. The van der Waals surface area contributed by atoms with Gasteiger partial charge in [0, 0.05) is 6.42 Å². The van der Waals surface area contributed by atoms with Crippen LogP contribution in [0.15, 0.2) is 12.2 Å². The van der Waals surface area contributed by atoms with E-state index in [0.717, 1.165) is 44.9 Å². The van der Waals surface area contributed by atoms with Gasteiger partial charge in [-0.25, -0.2) is 0 Å². The van der Waals surface area contributed by atoms with Crippen LogP contribution < -0.4 is 5.32 Å². The lowest BCUT2D eigenvalue weighted by atomic mass is 9.96. The minimum Gasteiger partial charge on any atom is -0.394 e. The summed E-state index contributed by atoms with van der Waals surface area (Å²) >= 11 is 0. The summed E-state index contributed by atoms with van der Waals surface area (Å²) in [6, 6.07) is -0.970. The van der Waals surface area contributed by atoms with Gasteiger partial charge in [0.2, 0.25) is 5.91 Å². The van der Waals surface area contributed by atoms with Gasteiger partial charge in [0.05, 0.1) is 38.6 Å². The van der Waals surface area contributed by atoms with Crippen molar-refractivity contribution in [2.45, 2.75) is 439 Å². The molecule has 3 saturated heterocycles. The number of aliphatic hydroxyl groups is 11.